The number of nitrogens with one attached hydrogen (secondary N) is 2. The van der Waals surface area contributed by atoms with E-state index in [4.69, 9.17) is 11.6 Å². The average Bonchev–Trinajstić information content (AvgIpc) is 3.62. The molecule has 0 aliphatic rings. The van der Waals surface area contributed by atoms with Crippen molar-refractivity contribution in [1.29, 1.82) is 0 Å². The Bertz CT molecular complexity index is 1570. The van der Waals surface area contributed by atoms with Crippen molar-refractivity contribution in [3.05, 3.63) is 108 Å². The van der Waals surface area contributed by atoms with Crippen LogP contribution in [-0.4, -0.2) is 59.0 Å². The van der Waals surface area contributed by atoms with Gasteiger partial charge in [-0.1, -0.05) is 48.5 Å². The highest BCUT2D eigenvalue weighted by Gasteiger charge is 2.26. The molecule has 1 atom stereocenters. The van der Waals surface area contributed by atoms with Crippen molar-refractivity contribution in [1.82, 2.24) is 45.2 Å². The summed E-state index contributed by atoms with van der Waals surface area (Å²) < 4.78 is 3.15. The van der Waals surface area contributed by atoms with E-state index < -0.39 is 17.9 Å². The van der Waals surface area contributed by atoms with Crippen LogP contribution in [0, 0.1) is 0 Å². The molecule has 0 saturated heterocycles. The van der Waals surface area contributed by atoms with Gasteiger partial charge >= 0.3 is 0 Å². The zero-order chi connectivity index (χ0) is 26.5. The second kappa shape index (κ2) is 11.0. The molecule has 0 saturated carbocycles. The van der Waals surface area contributed by atoms with E-state index >= 15 is 0 Å². The second-order valence-corrected chi connectivity index (χ2v) is 8.76. The summed E-state index contributed by atoms with van der Waals surface area (Å²) in [5, 5.41) is 17.5. The molecule has 0 fully saturated rings. The molecule has 5 rings (SSSR count). The summed E-state index contributed by atoms with van der Waals surface area (Å²) >= 11 is 6.20. The van der Waals surface area contributed by atoms with Gasteiger partial charge in [0, 0.05) is 30.2 Å². The van der Waals surface area contributed by atoms with Crippen LogP contribution in [-0.2, 0) is 11.2 Å². The third-order valence-electron chi connectivity index (χ3n) is 5.83. The van der Waals surface area contributed by atoms with Gasteiger partial charge in [0.25, 0.3) is 5.91 Å². The first-order chi connectivity index (χ1) is 18.5. The van der Waals surface area contributed by atoms with Crippen LogP contribution in [0.5, 0.6) is 0 Å². The van der Waals surface area contributed by atoms with Gasteiger partial charge in [0.1, 0.15) is 18.1 Å². The van der Waals surface area contributed by atoms with Crippen molar-refractivity contribution < 1.29 is 9.59 Å². The maximum absolute atomic E-state index is 13.4. The van der Waals surface area contributed by atoms with Gasteiger partial charge in [-0.05, 0) is 57.8 Å². The molecule has 2 N–H and O–H groups in total. The number of benzene rings is 2. The fraction of sp³-hybridized carbons (Fsp3) is 0.115. The number of fused-ring (bicyclic) bond motifs is 1. The van der Waals surface area contributed by atoms with Gasteiger partial charge in [0.15, 0.2) is 0 Å². The van der Waals surface area contributed by atoms with Crippen molar-refractivity contribution >= 4 is 34.8 Å². The van der Waals surface area contributed by atoms with Gasteiger partial charge in [0.2, 0.25) is 11.7 Å². The van der Waals surface area contributed by atoms with Gasteiger partial charge in [-0.3, -0.25) is 14.0 Å². The Morgan fingerprint density at radius 3 is 2.71 bits per heavy atom. The largest absolute Gasteiger partial charge is 0.354 e. The molecule has 11 nitrogen and oxygen atoms in total. The van der Waals surface area contributed by atoms with E-state index in [1.807, 2.05) is 30.3 Å². The molecule has 0 radical (unpaired) electrons. The Hall–Kier alpha value is -4.90. The minimum absolute atomic E-state index is 0.132. The number of nitrogens with zero attached hydrogens (tertiary/aromatic N) is 7. The highest BCUT2D eigenvalue weighted by Crippen LogP contribution is 2.20. The number of carbonyl (C=O) groups is 2. The topological polar surface area (TPSA) is 132 Å². The van der Waals surface area contributed by atoms with Crippen LogP contribution in [0.2, 0.25) is 5.02 Å². The first kappa shape index (κ1) is 24.8. The average molecular weight is 528 g/mol. The van der Waals surface area contributed by atoms with Gasteiger partial charge in [-0.15, -0.1) is 5.10 Å². The number of hydrogen-bond donors (Lipinski definition) is 2. The van der Waals surface area contributed by atoms with Crippen molar-refractivity contribution in [3.8, 4) is 5.69 Å². The van der Waals surface area contributed by atoms with Crippen LogP contribution in [0.25, 0.3) is 17.0 Å². The van der Waals surface area contributed by atoms with Crippen molar-refractivity contribution in [2.24, 2.45) is 0 Å². The number of carbonyl (C=O) groups excluding carboxylic acids is 2. The molecule has 5 aromatic rings. The number of rotatable bonds is 9. The summed E-state index contributed by atoms with van der Waals surface area (Å²) in [6, 6.07) is 15.2. The predicted octanol–water partition coefficient (Wildman–Crippen LogP) is 2.53. The van der Waals surface area contributed by atoms with Crippen LogP contribution < -0.4 is 10.6 Å². The van der Waals surface area contributed by atoms with Gasteiger partial charge in [-0.2, -0.15) is 0 Å². The molecule has 190 valence electrons. The summed E-state index contributed by atoms with van der Waals surface area (Å²) in [6.07, 6.45) is 6.80. The quantitative estimate of drug-likeness (QED) is 0.301. The first-order valence-corrected chi connectivity index (χ1v) is 12.0. The molecule has 0 aliphatic carbocycles. The summed E-state index contributed by atoms with van der Waals surface area (Å²) in [6.45, 7) is 4.37. The van der Waals surface area contributed by atoms with Crippen LogP contribution in [0.3, 0.4) is 0 Å². The lowest BCUT2D eigenvalue weighted by Crippen LogP contribution is -2.47. The lowest BCUT2D eigenvalue weighted by molar-refractivity contribution is -0.121. The molecule has 3 aromatic heterocycles. The molecule has 0 unspecified atom stereocenters. The summed E-state index contributed by atoms with van der Waals surface area (Å²) in [5.41, 5.74) is 2.88. The van der Waals surface area contributed by atoms with Gasteiger partial charge in [0.05, 0.1) is 5.69 Å². The van der Waals surface area contributed by atoms with E-state index in [2.05, 4.69) is 42.7 Å². The number of aromatic nitrogens is 7. The van der Waals surface area contributed by atoms with Crippen LogP contribution in [0.4, 0.5) is 0 Å². The molecule has 0 bridgehead atoms. The third kappa shape index (κ3) is 5.42. The smallest absolute Gasteiger partial charge is 0.272 e. The maximum Gasteiger partial charge on any atom is 0.272 e. The Morgan fingerprint density at radius 2 is 1.95 bits per heavy atom. The zero-order valence-corrected chi connectivity index (χ0v) is 20.8. The highest BCUT2D eigenvalue weighted by atomic mass is 35.5. The monoisotopic (exact) mass is 527 g/mol. The predicted molar refractivity (Wildman–Crippen MR) is 141 cm³/mol. The van der Waals surface area contributed by atoms with E-state index in [1.54, 1.807) is 47.3 Å². The van der Waals surface area contributed by atoms with E-state index in [0.29, 0.717) is 22.8 Å². The number of hydrogen-bond acceptors (Lipinski definition) is 7. The third-order valence-corrected chi connectivity index (χ3v) is 6.06. The number of imidazole rings is 1. The van der Waals surface area contributed by atoms with Crippen molar-refractivity contribution in [2.45, 2.75) is 12.5 Å². The molecule has 0 aliphatic heterocycles. The lowest BCUT2D eigenvalue weighted by atomic mass is 9.99. The fourth-order valence-electron chi connectivity index (χ4n) is 3.95. The molecular formula is C26H22ClN9O2. The van der Waals surface area contributed by atoms with Gasteiger partial charge in [-0.25, -0.2) is 14.6 Å². The van der Waals surface area contributed by atoms with Crippen LogP contribution in [0.15, 0.2) is 86.1 Å². The summed E-state index contributed by atoms with van der Waals surface area (Å²) in [7, 11) is 0. The first-order valence-electron chi connectivity index (χ1n) is 11.6. The van der Waals surface area contributed by atoms with Crippen molar-refractivity contribution in [3.63, 3.8) is 0 Å². The maximum atomic E-state index is 13.4. The Morgan fingerprint density at radius 1 is 1.11 bits per heavy atom. The van der Waals surface area contributed by atoms with Crippen LogP contribution >= 0.6 is 11.6 Å². The Balaban J connectivity index is 1.33. The Kier molecular flexibility index (Phi) is 7.18. The minimum Gasteiger partial charge on any atom is -0.354 e. The summed E-state index contributed by atoms with van der Waals surface area (Å²) in [5.74, 6) is -0.566. The van der Waals surface area contributed by atoms with E-state index in [1.165, 1.54) is 11.0 Å². The molecule has 0 spiro atoms. The zero-order valence-electron chi connectivity index (χ0n) is 20.0. The number of tetrazole rings is 1. The standard InChI is InChI=1S/C26H22ClN9O2/c1-17(18-6-3-2-4-7-18)23(32-24(37)21-15-35-13-5-11-29-26(35)31-21)25(38)28-12-10-19-14-20(27)8-9-22(19)36-16-30-33-34-36/h2-9,11,13-16,23H,1,10,12H2,(H,28,38)(H,32,37)/t23-/m0/s1. The lowest BCUT2D eigenvalue weighted by Gasteiger charge is -2.21. The number of halogens is 1. The molecule has 3 heterocycles. The normalized spacial score (nSPS) is 11.7. The molecule has 2 aromatic carbocycles. The highest BCUT2D eigenvalue weighted by molar-refractivity contribution is 6.30. The Labute approximate surface area is 222 Å². The SMILES string of the molecule is C=C(c1ccccc1)[C@H](NC(=O)c1cn2cccnc2n1)C(=O)NCCc1cc(Cl)ccc1-n1cnnn1. The minimum atomic E-state index is -1.04. The van der Waals surface area contributed by atoms with Gasteiger partial charge < -0.3 is 10.6 Å². The van der Waals surface area contributed by atoms with Crippen LogP contribution in [0.1, 0.15) is 21.6 Å². The molecule has 38 heavy (non-hydrogen) atoms. The van der Waals surface area contributed by atoms with Crippen molar-refractivity contribution in [2.75, 3.05) is 6.54 Å². The van der Waals surface area contributed by atoms with E-state index in [9.17, 15) is 9.59 Å². The van der Waals surface area contributed by atoms with E-state index in [0.717, 1.165) is 16.8 Å². The molecular weight excluding hydrogens is 506 g/mol. The molecule has 12 heteroatoms. The molecule has 2 amide bonds. The van der Waals surface area contributed by atoms with E-state index in [-0.39, 0.29) is 12.2 Å². The second-order valence-electron chi connectivity index (χ2n) is 8.32. The summed E-state index contributed by atoms with van der Waals surface area (Å²) in [4.78, 5) is 34.9. The number of amides is 2. The fourth-order valence-corrected chi connectivity index (χ4v) is 4.14.